The molecule has 2 heteroatoms. The van der Waals surface area contributed by atoms with Crippen LogP contribution in [-0.2, 0) is 0 Å². The molecule has 56 heavy (non-hydrogen) atoms. The SMILES string of the molecule is c1ccc(-c2ccccc2N(c2ccccc2-c2ccccc2)c2cccc3c2c2ccccc2n3-c2cccc(-c3ccccc3)c2-c2ccccc2)cc1. The average Bonchev–Trinajstić information content (AvgIpc) is 3.63. The third-order valence-corrected chi connectivity index (χ3v) is 10.8. The fraction of sp³-hybridized carbons (Fsp3) is 0. The maximum atomic E-state index is 2.49. The number of rotatable bonds is 8. The van der Waals surface area contributed by atoms with Crippen molar-refractivity contribution in [2.45, 2.75) is 0 Å². The quantitative estimate of drug-likeness (QED) is 0.152. The highest BCUT2D eigenvalue weighted by Gasteiger charge is 2.26. The van der Waals surface area contributed by atoms with E-state index in [2.05, 4.69) is 240 Å². The first-order chi connectivity index (χ1) is 27.8. The third kappa shape index (κ3) is 5.76. The number of benzene rings is 9. The molecule has 264 valence electrons. The van der Waals surface area contributed by atoms with Gasteiger partial charge >= 0.3 is 0 Å². The van der Waals surface area contributed by atoms with Crippen molar-refractivity contribution in [2.75, 3.05) is 4.90 Å². The Kier molecular flexibility index (Phi) is 8.55. The molecule has 0 aliphatic rings. The molecule has 0 amide bonds. The minimum Gasteiger partial charge on any atom is -0.309 e. The Hall–Kier alpha value is -7.42. The molecule has 0 fully saturated rings. The van der Waals surface area contributed by atoms with Crippen molar-refractivity contribution >= 4 is 38.9 Å². The second-order valence-corrected chi connectivity index (χ2v) is 14.1. The van der Waals surface area contributed by atoms with Gasteiger partial charge in [-0.2, -0.15) is 0 Å². The van der Waals surface area contributed by atoms with Gasteiger partial charge in [-0.05, 0) is 64.2 Å². The van der Waals surface area contributed by atoms with Gasteiger partial charge in [-0.25, -0.2) is 0 Å². The Morgan fingerprint density at radius 3 is 1.29 bits per heavy atom. The molecule has 0 bridgehead atoms. The summed E-state index contributed by atoms with van der Waals surface area (Å²) in [5, 5.41) is 2.39. The Labute approximate surface area is 327 Å². The molecular weight excluding hydrogens is 677 g/mol. The van der Waals surface area contributed by atoms with Crippen molar-refractivity contribution in [2.24, 2.45) is 0 Å². The standard InChI is InChI=1S/C54H38N2/c1-5-21-39(22-6-1)43-29-13-16-33-47(43)55(48-34-17-14-30-44(48)40-23-7-2-8-24-40)51-37-20-38-52-54(51)46-31-15-18-35-49(46)56(52)50-36-19-32-45(41-25-9-3-10-26-41)53(50)42-27-11-4-12-28-42/h1-38H. The Morgan fingerprint density at radius 2 is 0.696 bits per heavy atom. The number of hydrogen-bond acceptors (Lipinski definition) is 1. The maximum Gasteiger partial charge on any atom is 0.0562 e. The lowest BCUT2D eigenvalue weighted by Gasteiger charge is -2.30. The molecule has 0 unspecified atom stereocenters. The summed E-state index contributed by atoms with van der Waals surface area (Å²) in [7, 11) is 0. The van der Waals surface area contributed by atoms with E-state index >= 15 is 0 Å². The molecule has 0 saturated heterocycles. The number of aromatic nitrogens is 1. The van der Waals surface area contributed by atoms with Crippen LogP contribution in [0, 0.1) is 0 Å². The highest BCUT2D eigenvalue weighted by atomic mass is 15.2. The molecule has 10 aromatic rings. The average molecular weight is 715 g/mol. The number of anilines is 3. The maximum absolute atomic E-state index is 2.49. The molecule has 1 aromatic heterocycles. The van der Waals surface area contributed by atoms with Crippen molar-refractivity contribution in [1.29, 1.82) is 0 Å². The topological polar surface area (TPSA) is 8.17 Å². The summed E-state index contributed by atoms with van der Waals surface area (Å²) in [5.74, 6) is 0. The van der Waals surface area contributed by atoms with E-state index in [0.717, 1.165) is 33.8 Å². The molecular formula is C54H38N2. The molecule has 0 aliphatic heterocycles. The molecule has 10 rings (SSSR count). The fourth-order valence-corrected chi connectivity index (χ4v) is 8.39. The second-order valence-electron chi connectivity index (χ2n) is 14.1. The van der Waals surface area contributed by atoms with Gasteiger partial charge in [0.1, 0.15) is 0 Å². The molecule has 0 saturated carbocycles. The minimum atomic E-state index is 1.11. The zero-order valence-corrected chi connectivity index (χ0v) is 30.8. The van der Waals surface area contributed by atoms with E-state index in [1.165, 1.54) is 55.3 Å². The molecule has 0 spiro atoms. The summed E-state index contributed by atoms with van der Waals surface area (Å²) < 4.78 is 2.48. The van der Waals surface area contributed by atoms with Gasteiger partial charge in [0.05, 0.1) is 33.8 Å². The van der Waals surface area contributed by atoms with Crippen LogP contribution in [0.4, 0.5) is 17.1 Å². The van der Waals surface area contributed by atoms with Gasteiger partial charge in [0.25, 0.3) is 0 Å². The minimum absolute atomic E-state index is 1.11. The molecule has 9 aromatic carbocycles. The summed E-state index contributed by atoms with van der Waals surface area (Å²) in [6.07, 6.45) is 0. The summed E-state index contributed by atoms with van der Waals surface area (Å²) in [5.41, 5.74) is 16.2. The van der Waals surface area contributed by atoms with Crippen molar-refractivity contribution in [3.05, 3.63) is 231 Å². The predicted molar refractivity (Wildman–Crippen MR) is 237 cm³/mol. The van der Waals surface area contributed by atoms with E-state index in [-0.39, 0.29) is 0 Å². The van der Waals surface area contributed by atoms with Crippen molar-refractivity contribution in [3.8, 4) is 50.2 Å². The van der Waals surface area contributed by atoms with Crippen LogP contribution in [0.5, 0.6) is 0 Å². The molecule has 1 heterocycles. The monoisotopic (exact) mass is 714 g/mol. The molecule has 0 N–H and O–H groups in total. The Bertz CT molecular complexity index is 2860. The van der Waals surface area contributed by atoms with Crippen LogP contribution < -0.4 is 4.90 Å². The third-order valence-electron chi connectivity index (χ3n) is 10.8. The van der Waals surface area contributed by atoms with E-state index in [0.29, 0.717) is 0 Å². The first-order valence-corrected chi connectivity index (χ1v) is 19.2. The normalized spacial score (nSPS) is 11.2. The van der Waals surface area contributed by atoms with Gasteiger partial charge < -0.3 is 9.47 Å². The Morgan fingerprint density at radius 1 is 0.286 bits per heavy atom. The van der Waals surface area contributed by atoms with Crippen LogP contribution in [0.1, 0.15) is 0 Å². The van der Waals surface area contributed by atoms with Crippen LogP contribution in [-0.4, -0.2) is 4.57 Å². The summed E-state index contributed by atoms with van der Waals surface area (Å²) in [6, 6.07) is 83.1. The van der Waals surface area contributed by atoms with Gasteiger partial charge in [0, 0.05) is 27.5 Å². The van der Waals surface area contributed by atoms with Gasteiger partial charge in [-0.15, -0.1) is 0 Å². The fourth-order valence-electron chi connectivity index (χ4n) is 8.39. The largest absolute Gasteiger partial charge is 0.309 e. The van der Waals surface area contributed by atoms with E-state index < -0.39 is 0 Å². The zero-order chi connectivity index (χ0) is 37.3. The second kappa shape index (κ2) is 14.4. The Balaban J connectivity index is 1.31. The van der Waals surface area contributed by atoms with Crippen LogP contribution in [0.2, 0.25) is 0 Å². The molecule has 2 nitrogen and oxygen atoms in total. The zero-order valence-electron chi connectivity index (χ0n) is 30.8. The van der Waals surface area contributed by atoms with Crippen LogP contribution >= 0.6 is 0 Å². The van der Waals surface area contributed by atoms with E-state index in [4.69, 9.17) is 0 Å². The van der Waals surface area contributed by atoms with Crippen molar-refractivity contribution in [1.82, 2.24) is 4.57 Å². The first kappa shape index (κ1) is 33.2. The molecule has 0 radical (unpaired) electrons. The highest BCUT2D eigenvalue weighted by molar-refractivity contribution is 6.18. The van der Waals surface area contributed by atoms with Gasteiger partial charge in [-0.1, -0.05) is 194 Å². The lowest BCUT2D eigenvalue weighted by Crippen LogP contribution is -2.13. The smallest absolute Gasteiger partial charge is 0.0562 e. The van der Waals surface area contributed by atoms with Gasteiger partial charge in [-0.3, -0.25) is 0 Å². The summed E-state index contributed by atoms with van der Waals surface area (Å²) in [6.45, 7) is 0. The number of nitrogens with zero attached hydrogens (tertiary/aromatic N) is 2. The number of fused-ring (bicyclic) bond motifs is 3. The molecule has 0 aliphatic carbocycles. The van der Waals surface area contributed by atoms with E-state index in [9.17, 15) is 0 Å². The molecule has 0 atom stereocenters. The lowest BCUT2D eigenvalue weighted by molar-refractivity contribution is 1.18. The number of para-hydroxylation sites is 3. The number of hydrogen-bond donors (Lipinski definition) is 0. The summed E-state index contributed by atoms with van der Waals surface area (Å²) in [4.78, 5) is 2.49. The summed E-state index contributed by atoms with van der Waals surface area (Å²) >= 11 is 0. The van der Waals surface area contributed by atoms with Crippen LogP contribution in [0.25, 0.3) is 72.0 Å². The highest BCUT2D eigenvalue weighted by Crippen LogP contribution is 2.49. The first-order valence-electron chi connectivity index (χ1n) is 19.2. The van der Waals surface area contributed by atoms with Crippen LogP contribution in [0.3, 0.4) is 0 Å². The van der Waals surface area contributed by atoms with Gasteiger partial charge in [0.15, 0.2) is 0 Å². The van der Waals surface area contributed by atoms with Crippen molar-refractivity contribution < 1.29 is 0 Å². The van der Waals surface area contributed by atoms with E-state index in [1.54, 1.807) is 0 Å². The predicted octanol–water partition coefficient (Wildman–Crippen LogP) is 14.9. The van der Waals surface area contributed by atoms with Crippen molar-refractivity contribution in [3.63, 3.8) is 0 Å². The van der Waals surface area contributed by atoms with Gasteiger partial charge in [0.2, 0.25) is 0 Å². The lowest BCUT2D eigenvalue weighted by atomic mass is 9.93. The van der Waals surface area contributed by atoms with Crippen LogP contribution in [0.15, 0.2) is 231 Å². The van der Waals surface area contributed by atoms with E-state index in [1.807, 2.05) is 0 Å².